The van der Waals surface area contributed by atoms with Gasteiger partial charge in [0, 0.05) is 0 Å². The van der Waals surface area contributed by atoms with Crippen molar-refractivity contribution in [1.29, 1.82) is 10.5 Å². The number of fused-ring (bicyclic) bond motifs is 1. The van der Waals surface area contributed by atoms with Gasteiger partial charge >= 0.3 is 0 Å². The molecule has 0 saturated carbocycles. The molecule has 0 aromatic heterocycles. The van der Waals surface area contributed by atoms with E-state index >= 15 is 0 Å². The molecular weight excluding hydrogens is 422 g/mol. The van der Waals surface area contributed by atoms with Crippen LogP contribution >= 0.6 is 0 Å². The maximum absolute atomic E-state index is 8.92. The van der Waals surface area contributed by atoms with Crippen LogP contribution in [0.5, 0.6) is 11.5 Å². The number of rotatable bonds is 5. The summed E-state index contributed by atoms with van der Waals surface area (Å²) in [5.41, 5.74) is 6.27. The minimum Gasteiger partial charge on any atom is -0.388 e. The van der Waals surface area contributed by atoms with E-state index in [0.717, 1.165) is 33.7 Å². The Morgan fingerprint density at radius 1 is 0.676 bits per heavy atom. The summed E-state index contributed by atoms with van der Waals surface area (Å²) in [5.74, 6) is 0.943. The van der Waals surface area contributed by atoms with Crippen LogP contribution in [-0.2, 0) is 5.41 Å². The number of nitriles is 2. The zero-order valence-electron chi connectivity index (χ0n) is 18.4. The van der Waals surface area contributed by atoms with Crippen molar-refractivity contribution in [1.82, 2.24) is 0 Å². The summed E-state index contributed by atoms with van der Waals surface area (Å²) in [4.78, 5) is 5.12. The molecule has 162 valence electrons. The van der Waals surface area contributed by atoms with E-state index in [4.69, 9.17) is 25.0 Å². The van der Waals surface area contributed by atoms with E-state index in [1.165, 1.54) is 5.56 Å². The van der Waals surface area contributed by atoms with Crippen LogP contribution in [0.25, 0.3) is 0 Å². The number of benzene rings is 4. The van der Waals surface area contributed by atoms with E-state index in [1.807, 2.05) is 42.5 Å². The molecule has 0 radical (unpaired) electrons. The van der Waals surface area contributed by atoms with Crippen LogP contribution < -0.4 is 9.47 Å². The highest BCUT2D eigenvalue weighted by atomic mass is 16.5. The maximum atomic E-state index is 8.92. The standard InChI is InChI=1S/C29H19N3O2/c1-20-6-8-21(9-7-20)28-29(26-4-2-3-5-27(26)32-28,22-10-14-24(15-11-22)33-18-30)23-12-16-25(17-13-23)34-19-31/h2-17H,1H3. The van der Waals surface area contributed by atoms with Gasteiger partial charge in [0.25, 0.3) is 12.5 Å². The summed E-state index contributed by atoms with van der Waals surface area (Å²) in [6.45, 7) is 2.06. The van der Waals surface area contributed by atoms with Gasteiger partial charge in [-0.3, -0.25) is 4.99 Å². The van der Waals surface area contributed by atoms with Gasteiger partial charge in [0.1, 0.15) is 11.5 Å². The maximum Gasteiger partial charge on any atom is 0.292 e. The van der Waals surface area contributed by atoms with Crippen molar-refractivity contribution in [3.05, 3.63) is 125 Å². The molecule has 4 aromatic rings. The third-order valence-electron chi connectivity index (χ3n) is 6.12. The highest BCUT2D eigenvalue weighted by Crippen LogP contribution is 2.51. The molecule has 1 aliphatic heterocycles. The highest BCUT2D eigenvalue weighted by Gasteiger charge is 2.47. The SMILES string of the molecule is Cc1ccc(C2=Nc3ccccc3C2(c2ccc(OC#N)cc2)c2ccc(OC#N)cc2)cc1. The topological polar surface area (TPSA) is 78.4 Å². The molecule has 34 heavy (non-hydrogen) atoms. The van der Waals surface area contributed by atoms with Crippen LogP contribution in [0.2, 0.25) is 0 Å². The summed E-state index contributed by atoms with van der Waals surface area (Å²) >= 11 is 0. The van der Waals surface area contributed by atoms with Crippen molar-refractivity contribution in [3.63, 3.8) is 0 Å². The second-order valence-corrected chi connectivity index (χ2v) is 8.03. The van der Waals surface area contributed by atoms with E-state index in [9.17, 15) is 0 Å². The van der Waals surface area contributed by atoms with Crippen LogP contribution in [0.1, 0.15) is 27.8 Å². The second-order valence-electron chi connectivity index (χ2n) is 8.03. The largest absolute Gasteiger partial charge is 0.388 e. The average molecular weight is 441 g/mol. The Bertz CT molecular complexity index is 1400. The number of aryl methyl sites for hydroxylation is 1. The van der Waals surface area contributed by atoms with E-state index in [1.54, 1.807) is 36.8 Å². The molecule has 5 rings (SSSR count). The molecule has 4 aromatic carbocycles. The third kappa shape index (κ3) is 3.37. The van der Waals surface area contributed by atoms with Crippen LogP contribution in [0.3, 0.4) is 0 Å². The average Bonchev–Trinajstić information content (AvgIpc) is 3.22. The smallest absolute Gasteiger partial charge is 0.292 e. The van der Waals surface area contributed by atoms with E-state index in [2.05, 4.69) is 37.3 Å². The fourth-order valence-corrected chi connectivity index (χ4v) is 4.62. The predicted molar refractivity (Wildman–Crippen MR) is 129 cm³/mol. The number of nitrogens with zero attached hydrogens (tertiary/aromatic N) is 3. The number of aliphatic imine (C=N–C) groups is 1. The first kappa shape index (κ1) is 21.0. The molecule has 1 aliphatic rings. The Hall–Kier alpha value is -4.87. The zero-order chi connectivity index (χ0) is 23.5. The minimum absolute atomic E-state index is 0.472. The van der Waals surface area contributed by atoms with Crippen molar-refractivity contribution in [2.24, 2.45) is 4.99 Å². The van der Waals surface area contributed by atoms with Crippen molar-refractivity contribution in [2.75, 3.05) is 0 Å². The summed E-state index contributed by atoms with van der Waals surface area (Å²) in [7, 11) is 0. The third-order valence-corrected chi connectivity index (χ3v) is 6.12. The lowest BCUT2D eigenvalue weighted by Crippen LogP contribution is -2.36. The molecule has 5 heteroatoms. The molecule has 0 fully saturated rings. The van der Waals surface area contributed by atoms with Gasteiger partial charge in [0.05, 0.1) is 16.8 Å². The predicted octanol–water partition coefficient (Wildman–Crippen LogP) is 6.18. The van der Waals surface area contributed by atoms with Crippen molar-refractivity contribution in [2.45, 2.75) is 12.3 Å². The number of hydrogen-bond acceptors (Lipinski definition) is 5. The van der Waals surface area contributed by atoms with Crippen LogP contribution in [0, 0.1) is 30.0 Å². The Morgan fingerprint density at radius 3 is 1.74 bits per heavy atom. The summed E-state index contributed by atoms with van der Waals surface area (Å²) in [5, 5.41) is 17.8. The summed E-state index contributed by atoms with van der Waals surface area (Å²) in [6.07, 6.45) is 3.45. The molecule has 0 aliphatic carbocycles. The van der Waals surface area contributed by atoms with Gasteiger partial charge in [-0.15, -0.1) is 10.5 Å². The van der Waals surface area contributed by atoms with Gasteiger partial charge in [0.15, 0.2) is 0 Å². The number of para-hydroxylation sites is 1. The normalized spacial score (nSPS) is 13.2. The Balaban J connectivity index is 1.81. The molecule has 0 atom stereocenters. The highest BCUT2D eigenvalue weighted by molar-refractivity contribution is 6.17. The minimum atomic E-state index is -0.720. The Kier molecular flexibility index (Phi) is 5.30. The molecule has 0 unspecified atom stereocenters. The number of hydrogen-bond donors (Lipinski definition) is 0. The molecule has 0 saturated heterocycles. The number of ether oxygens (including phenoxy) is 2. The van der Waals surface area contributed by atoms with Crippen molar-refractivity contribution in [3.8, 4) is 24.0 Å². The monoisotopic (exact) mass is 441 g/mol. The molecule has 0 N–H and O–H groups in total. The molecule has 0 amide bonds. The summed E-state index contributed by atoms with van der Waals surface area (Å²) in [6, 6.07) is 31.5. The molecule has 0 spiro atoms. The quantitative estimate of drug-likeness (QED) is 0.346. The van der Waals surface area contributed by atoms with E-state index in [-0.39, 0.29) is 0 Å². The van der Waals surface area contributed by atoms with Crippen molar-refractivity contribution >= 4 is 11.4 Å². The Labute approximate surface area is 197 Å². The lowest BCUT2D eigenvalue weighted by atomic mass is 9.66. The van der Waals surface area contributed by atoms with Crippen LogP contribution in [-0.4, -0.2) is 5.71 Å². The fourth-order valence-electron chi connectivity index (χ4n) is 4.62. The fraction of sp³-hybridized carbons (Fsp3) is 0.0690. The van der Waals surface area contributed by atoms with Crippen LogP contribution in [0.15, 0.2) is 102 Å². The van der Waals surface area contributed by atoms with E-state index in [0.29, 0.717) is 11.5 Å². The van der Waals surface area contributed by atoms with Gasteiger partial charge in [-0.05, 0) is 59.5 Å². The Morgan fingerprint density at radius 2 is 1.21 bits per heavy atom. The van der Waals surface area contributed by atoms with Gasteiger partial charge in [-0.25, -0.2) is 0 Å². The first-order valence-electron chi connectivity index (χ1n) is 10.8. The molecule has 1 heterocycles. The van der Waals surface area contributed by atoms with Gasteiger partial charge in [0.2, 0.25) is 0 Å². The first-order valence-corrected chi connectivity index (χ1v) is 10.8. The second kappa shape index (κ2) is 8.58. The molecule has 5 nitrogen and oxygen atoms in total. The van der Waals surface area contributed by atoms with Gasteiger partial charge < -0.3 is 9.47 Å². The van der Waals surface area contributed by atoms with Crippen molar-refractivity contribution < 1.29 is 9.47 Å². The van der Waals surface area contributed by atoms with Gasteiger partial charge in [-0.1, -0.05) is 72.3 Å². The summed E-state index contributed by atoms with van der Waals surface area (Å²) < 4.78 is 10.1. The van der Waals surface area contributed by atoms with Crippen LogP contribution in [0.4, 0.5) is 5.69 Å². The molecular formula is C29H19N3O2. The lowest BCUT2D eigenvalue weighted by Gasteiger charge is -2.34. The first-order chi connectivity index (χ1) is 16.7. The zero-order valence-corrected chi connectivity index (χ0v) is 18.4. The molecule has 0 bridgehead atoms. The van der Waals surface area contributed by atoms with E-state index < -0.39 is 5.41 Å². The lowest BCUT2D eigenvalue weighted by molar-refractivity contribution is 0.506. The van der Waals surface area contributed by atoms with Gasteiger partial charge in [-0.2, -0.15) is 0 Å².